The Hall–Kier alpha value is -3.27. The lowest BCUT2D eigenvalue weighted by Gasteiger charge is -2.03. The summed E-state index contributed by atoms with van der Waals surface area (Å²) >= 11 is 0. The van der Waals surface area contributed by atoms with Gasteiger partial charge in [-0.05, 0) is 24.3 Å². The van der Waals surface area contributed by atoms with Crippen LogP contribution in [-0.4, -0.2) is 25.1 Å². The van der Waals surface area contributed by atoms with Gasteiger partial charge in [-0.15, -0.1) is 0 Å². The minimum absolute atomic E-state index is 0.407. The maximum absolute atomic E-state index is 9.00. The Morgan fingerprint density at radius 3 is 2.86 bits per heavy atom. The summed E-state index contributed by atoms with van der Waals surface area (Å²) in [5, 5.41) is 19.1. The molecular weight excluding hydrogens is 266 g/mol. The van der Waals surface area contributed by atoms with E-state index in [1.165, 1.54) is 0 Å². The number of aromatic nitrogens is 5. The molecular formula is C14H11N7. The molecule has 0 aliphatic carbocycles. The molecule has 102 valence electrons. The quantitative estimate of drug-likeness (QED) is 0.753. The zero-order valence-electron chi connectivity index (χ0n) is 11.0. The van der Waals surface area contributed by atoms with Gasteiger partial charge in [0, 0.05) is 24.2 Å². The molecule has 3 rings (SSSR count). The monoisotopic (exact) mass is 277 g/mol. The highest BCUT2D eigenvalue weighted by Gasteiger charge is 2.07. The number of nitrogens with one attached hydrogen (secondary N) is 2. The van der Waals surface area contributed by atoms with E-state index in [9.17, 15) is 0 Å². The SMILES string of the molecule is N#Cc1cccnc1NCc1nc(-c2ccncc2)n[nH]1. The molecule has 0 aromatic carbocycles. The lowest BCUT2D eigenvalue weighted by Crippen LogP contribution is -2.04. The first kappa shape index (κ1) is 12.7. The fourth-order valence-corrected chi connectivity index (χ4v) is 1.81. The number of hydrogen-bond acceptors (Lipinski definition) is 6. The van der Waals surface area contributed by atoms with Crippen LogP contribution in [0.1, 0.15) is 11.4 Å². The van der Waals surface area contributed by atoms with Crippen LogP contribution in [0.2, 0.25) is 0 Å². The third-order valence-electron chi connectivity index (χ3n) is 2.82. The topological polar surface area (TPSA) is 103 Å². The molecule has 3 aromatic rings. The Balaban J connectivity index is 1.72. The van der Waals surface area contributed by atoms with Gasteiger partial charge in [0.2, 0.25) is 0 Å². The van der Waals surface area contributed by atoms with Gasteiger partial charge in [0.15, 0.2) is 5.82 Å². The van der Waals surface area contributed by atoms with Crippen LogP contribution in [0, 0.1) is 11.3 Å². The van der Waals surface area contributed by atoms with Crippen LogP contribution < -0.4 is 5.32 Å². The Morgan fingerprint density at radius 2 is 2.05 bits per heavy atom. The predicted molar refractivity (Wildman–Crippen MR) is 75.9 cm³/mol. The van der Waals surface area contributed by atoms with Gasteiger partial charge >= 0.3 is 0 Å². The summed E-state index contributed by atoms with van der Waals surface area (Å²) < 4.78 is 0. The second-order valence-electron chi connectivity index (χ2n) is 4.21. The zero-order chi connectivity index (χ0) is 14.5. The van der Waals surface area contributed by atoms with Crippen LogP contribution in [0.25, 0.3) is 11.4 Å². The van der Waals surface area contributed by atoms with E-state index in [0.29, 0.717) is 29.6 Å². The highest BCUT2D eigenvalue weighted by Crippen LogP contribution is 2.14. The van der Waals surface area contributed by atoms with Crippen molar-refractivity contribution >= 4 is 5.82 Å². The van der Waals surface area contributed by atoms with Crippen molar-refractivity contribution in [1.82, 2.24) is 25.1 Å². The van der Waals surface area contributed by atoms with Crippen molar-refractivity contribution in [3.05, 3.63) is 54.2 Å². The highest BCUT2D eigenvalue weighted by atomic mass is 15.2. The van der Waals surface area contributed by atoms with E-state index in [0.717, 1.165) is 5.56 Å². The average molecular weight is 277 g/mol. The molecule has 0 saturated carbocycles. The van der Waals surface area contributed by atoms with Gasteiger partial charge < -0.3 is 5.32 Å². The van der Waals surface area contributed by atoms with E-state index >= 15 is 0 Å². The number of rotatable bonds is 4. The van der Waals surface area contributed by atoms with Gasteiger partial charge in [-0.3, -0.25) is 10.1 Å². The van der Waals surface area contributed by atoms with Crippen LogP contribution >= 0.6 is 0 Å². The molecule has 0 aliphatic heterocycles. The van der Waals surface area contributed by atoms with Crippen LogP contribution in [0.3, 0.4) is 0 Å². The maximum atomic E-state index is 9.00. The van der Waals surface area contributed by atoms with E-state index in [2.05, 4.69) is 36.5 Å². The van der Waals surface area contributed by atoms with Crippen molar-refractivity contribution < 1.29 is 0 Å². The summed E-state index contributed by atoms with van der Waals surface area (Å²) in [5.74, 6) is 1.80. The number of anilines is 1. The molecule has 0 aliphatic rings. The van der Waals surface area contributed by atoms with Gasteiger partial charge in [-0.2, -0.15) is 10.4 Å². The lowest BCUT2D eigenvalue weighted by molar-refractivity contribution is 0.947. The largest absolute Gasteiger partial charge is 0.362 e. The normalized spacial score (nSPS) is 10.0. The molecule has 0 unspecified atom stereocenters. The van der Waals surface area contributed by atoms with Gasteiger partial charge in [0.1, 0.15) is 17.7 Å². The molecule has 2 N–H and O–H groups in total. The van der Waals surface area contributed by atoms with Crippen LogP contribution in [0.15, 0.2) is 42.9 Å². The van der Waals surface area contributed by atoms with Crippen LogP contribution in [-0.2, 0) is 6.54 Å². The minimum Gasteiger partial charge on any atom is -0.362 e. The third kappa shape index (κ3) is 2.84. The average Bonchev–Trinajstić information content (AvgIpc) is 3.03. The molecule has 3 heterocycles. The predicted octanol–water partition coefficient (Wildman–Crippen LogP) is 1.75. The van der Waals surface area contributed by atoms with Crippen molar-refractivity contribution in [1.29, 1.82) is 5.26 Å². The molecule has 3 aromatic heterocycles. The molecule has 0 saturated heterocycles. The summed E-state index contributed by atoms with van der Waals surface area (Å²) in [4.78, 5) is 12.5. The zero-order valence-corrected chi connectivity index (χ0v) is 11.0. The molecule has 7 nitrogen and oxygen atoms in total. The van der Waals surface area contributed by atoms with Crippen molar-refractivity contribution in [2.24, 2.45) is 0 Å². The maximum Gasteiger partial charge on any atom is 0.181 e. The van der Waals surface area contributed by atoms with Crippen molar-refractivity contribution in [3.63, 3.8) is 0 Å². The summed E-state index contributed by atoms with van der Waals surface area (Å²) in [6.45, 7) is 0.407. The van der Waals surface area contributed by atoms with E-state index < -0.39 is 0 Å². The first-order valence-corrected chi connectivity index (χ1v) is 6.27. The van der Waals surface area contributed by atoms with Gasteiger partial charge in [-0.25, -0.2) is 9.97 Å². The number of aromatic amines is 1. The van der Waals surface area contributed by atoms with Crippen LogP contribution in [0.5, 0.6) is 0 Å². The minimum atomic E-state index is 0.407. The molecule has 0 amide bonds. The summed E-state index contributed by atoms with van der Waals surface area (Å²) in [6.07, 6.45) is 5.01. The Morgan fingerprint density at radius 1 is 1.19 bits per heavy atom. The van der Waals surface area contributed by atoms with E-state index in [-0.39, 0.29) is 0 Å². The standard InChI is InChI=1S/C14H11N7/c15-8-11-2-1-5-17-13(11)18-9-12-19-14(21-20-12)10-3-6-16-7-4-10/h1-7H,9H2,(H,17,18)(H,19,20,21). The second-order valence-corrected chi connectivity index (χ2v) is 4.21. The number of nitriles is 1. The molecule has 0 spiro atoms. The van der Waals surface area contributed by atoms with Crippen molar-refractivity contribution in [3.8, 4) is 17.5 Å². The first-order valence-electron chi connectivity index (χ1n) is 6.27. The Kier molecular flexibility index (Phi) is 3.52. The summed E-state index contributed by atoms with van der Waals surface area (Å²) in [7, 11) is 0. The second kappa shape index (κ2) is 5.79. The lowest BCUT2D eigenvalue weighted by atomic mass is 10.2. The van der Waals surface area contributed by atoms with Gasteiger partial charge in [-0.1, -0.05) is 0 Å². The van der Waals surface area contributed by atoms with E-state index in [1.807, 2.05) is 12.1 Å². The fourth-order valence-electron chi connectivity index (χ4n) is 1.81. The number of H-pyrrole nitrogens is 1. The molecule has 7 heteroatoms. The van der Waals surface area contributed by atoms with E-state index in [4.69, 9.17) is 5.26 Å². The molecule has 21 heavy (non-hydrogen) atoms. The van der Waals surface area contributed by atoms with Crippen LogP contribution in [0.4, 0.5) is 5.82 Å². The Labute approximate surface area is 120 Å². The first-order chi connectivity index (χ1) is 10.4. The van der Waals surface area contributed by atoms with Crippen molar-refractivity contribution in [2.75, 3.05) is 5.32 Å². The molecule has 0 bridgehead atoms. The molecule has 0 fully saturated rings. The Bertz CT molecular complexity index is 773. The summed E-state index contributed by atoms with van der Waals surface area (Å²) in [6, 6.07) is 9.19. The molecule has 0 atom stereocenters. The third-order valence-corrected chi connectivity index (χ3v) is 2.82. The van der Waals surface area contributed by atoms with Gasteiger partial charge in [0.05, 0.1) is 12.1 Å². The molecule has 0 radical (unpaired) electrons. The smallest absolute Gasteiger partial charge is 0.181 e. The van der Waals surface area contributed by atoms with Crippen molar-refractivity contribution in [2.45, 2.75) is 6.54 Å². The summed E-state index contributed by atoms with van der Waals surface area (Å²) in [5.41, 5.74) is 1.38. The number of hydrogen-bond donors (Lipinski definition) is 2. The highest BCUT2D eigenvalue weighted by molar-refractivity contribution is 5.53. The fraction of sp³-hybridized carbons (Fsp3) is 0.0714. The van der Waals surface area contributed by atoms with E-state index in [1.54, 1.807) is 30.7 Å². The number of nitrogens with zero attached hydrogens (tertiary/aromatic N) is 5. The van der Waals surface area contributed by atoms with Gasteiger partial charge in [0.25, 0.3) is 0 Å². The number of pyridine rings is 2.